The van der Waals surface area contributed by atoms with Gasteiger partial charge in [0.05, 0.1) is 17.0 Å². The minimum atomic E-state index is -3.96. The zero-order valence-corrected chi connectivity index (χ0v) is 25.6. The molecule has 11 heteroatoms. The molecule has 0 spiro atoms. The summed E-state index contributed by atoms with van der Waals surface area (Å²) in [6.45, 7) is 3.75. The van der Waals surface area contributed by atoms with Crippen molar-refractivity contribution in [2.45, 2.75) is 32.9 Å². The quantitative estimate of drug-likeness (QED) is 0.275. The SMILES string of the molecule is CC(C)CNC(=O)[C@@H](Cc1ccccc1)N(Cc1ccccc1Cl)C(=O)CN(c1ccc(Cl)cc1Cl)S(C)(=O)=O. The molecule has 0 saturated heterocycles. The number of anilines is 1. The summed E-state index contributed by atoms with van der Waals surface area (Å²) in [5, 5.41) is 3.74. The Balaban J connectivity index is 2.08. The van der Waals surface area contributed by atoms with Crippen molar-refractivity contribution in [3.05, 3.63) is 99.0 Å². The number of hydrogen-bond acceptors (Lipinski definition) is 4. The summed E-state index contributed by atoms with van der Waals surface area (Å²) < 4.78 is 26.7. The number of nitrogens with one attached hydrogen (secondary N) is 1. The average molecular weight is 625 g/mol. The highest BCUT2D eigenvalue weighted by molar-refractivity contribution is 7.92. The molecule has 0 aliphatic carbocycles. The first-order valence-electron chi connectivity index (χ1n) is 12.6. The number of sulfonamides is 1. The van der Waals surface area contributed by atoms with Crippen molar-refractivity contribution in [1.29, 1.82) is 0 Å². The number of rotatable bonds is 12. The maximum Gasteiger partial charge on any atom is 0.244 e. The van der Waals surface area contributed by atoms with Crippen LogP contribution in [0.15, 0.2) is 72.8 Å². The molecule has 0 fully saturated rings. The smallest absolute Gasteiger partial charge is 0.244 e. The van der Waals surface area contributed by atoms with E-state index in [-0.39, 0.29) is 35.5 Å². The number of halogens is 3. The minimum Gasteiger partial charge on any atom is -0.354 e. The second kappa shape index (κ2) is 14.2. The predicted octanol–water partition coefficient (Wildman–Crippen LogP) is 5.83. The molecule has 2 amide bonds. The van der Waals surface area contributed by atoms with Crippen LogP contribution in [-0.4, -0.2) is 50.5 Å². The summed E-state index contributed by atoms with van der Waals surface area (Å²) in [4.78, 5) is 29.1. The molecule has 3 aromatic rings. The summed E-state index contributed by atoms with van der Waals surface area (Å²) in [7, 11) is -3.96. The number of hydrogen-bond donors (Lipinski definition) is 1. The first-order valence-corrected chi connectivity index (χ1v) is 15.6. The summed E-state index contributed by atoms with van der Waals surface area (Å²) in [6, 6.07) is 19.7. The monoisotopic (exact) mass is 623 g/mol. The lowest BCUT2D eigenvalue weighted by atomic mass is 10.0. The topological polar surface area (TPSA) is 86.8 Å². The minimum absolute atomic E-state index is 0.0168. The second-order valence-electron chi connectivity index (χ2n) is 9.82. The second-order valence-corrected chi connectivity index (χ2v) is 13.0. The summed E-state index contributed by atoms with van der Waals surface area (Å²) >= 11 is 18.8. The van der Waals surface area contributed by atoms with Gasteiger partial charge in [-0.25, -0.2) is 8.42 Å². The van der Waals surface area contributed by atoms with Gasteiger partial charge in [0.2, 0.25) is 21.8 Å². The van der Waals surface area contributed by atoms with E-state index in [1.54, 1.807) is 24.3 Å². The van der Waals surface area contributed by atoms with Crippen molar-refractivity contribution in [2.75, 3.05) is 23.7 Å². The van der Waals surface area contributed by atoms with Gasteiger partial charge in [-0.05, 0) is 41.3 Å². The van der Waals surface area contributed by atoms with Crippen LogP contribution in [0, 0.1) is 5.92 Å². The van der Waals surface area contributed by atoms with Crippen LogP contribution in [0.2, 0.25) is 15.1 Å². The fourth-order valence-corrected chi connectivity index (χ4v) is 5.68. The first kappa shape index (κ1) is 31.7. The van der Waals surface area contributed by atoms with E-state index in [0.29, 0.717) is 22.2 Å². The molecule has 0 unspecified atom stereocenters. The zero-order chi connectivity index (χ0) is 29.4. The summed E-state index contributed by atoms with van der Waals surface area (Å²) in [6.07, 6.45) is 1.20. The van der Waals surface area contributed by atoms with Crippen LogP contribution in [-0.2, 0) is 32.6 Å². The van der Waals surface area contributed by atoms with Crippen molar-refractivity contribution in [2.24, 2.45) is 5.92 Å². The third kappa shape index (κ3) is 8.86. The maximum absolute atomic E-state index is 14.1. The van der Waals surface area contributed by atoms with E-state index < -0.39 is 28.5 Å². The van der Waals surface area contributed by atoms with E-state index in [1.807, 2.05) is 44.2 Å². The van der Waals surface area contributed by atoms with Crippen LogP contribution in [0.3, 0.4) is 0 Å². The van der Waals surface area contributed by atoms with Crippen molar-refractivity contribution in [1.82, 2.24) is 10.2 Å². The molecule has 0 radical (unpaired) electrons. The highest BCUT2D eigenvalue weighted by Gasteiger charge is 2.33. The van der Waals surface area contributed by atoms with Crippen LogP contribution >= 0.6 is 34.8 Å². The van der Waals surface area contributed by atoms with Gasteiger partial charge < -0.3 is 10.2 Å². The van der Waals surface area contributed by atoms with Gasteiger partial charge in [0.1, 0.15) is 12.6 Å². The van der Waals surface area contributed by atoms with Crippen molar-refractivity contribution in [3.63, 3.8) is 0 Å². The molecule has 214 valence electrons. The van der Waals surface area contributed by atoms with Crippen LogP contribution in [0.4, 0.5) is 5.69 Å². The fraction of sp³-hybridized carbons (Fsp3) is 0.310. The van der Waals surface area contributed by atoms with Crippen LogP contribution in [0.5, 0.6) is 0 Å². The normalized spacial score (nSPS) is 12.2. The lowest BCUT2D eigenvalue weighted by Crippen LogP contribution is -2.53. The largest absolute Gasteiger partial charge is 0.354 e. The Morgan fingerprint density at radius 2 is 1.55 bits per heavy atom. The molecule has 0 aliphatic heterocycles. The molecule has 0 heterocycles. The van der Waals surface area contributed by atoms with Gasteiger partial charge in [0, 0.05) is 29.6 Å². The predicted molar refractivity (Wildman–Crippen MR) is 162 cm³/mol. The van der Waals surface area contributed by atoms with E-state index in [1.165, 1.54) is 23.1 Å². The molecular formula is C29H32Cl3N3O4S. The third-order valence-corrected chi connectivity index (χ3v) is 8.14. The van der Waals surface area contributed by atoms with Gasteiger partial charge in [-0.3, -0.25) is 13.9 Å². The number of amides is 2. The van der Waals surface area contributed by atoms with E-state index in [2.05, 4.69) is 5.32 Å². The first-order chi connectivity index (χ1) is 18.9. The van der Waals surface area contributed by atoms with Crippen LogP contribution in [0.25, 0.3) is 0 Å². The molecular weight excluding hydrogens is 593 g/mol. The molecule has 0 bridgehead atoms. The Kier molecular flexibility index (Phi) is 11.3. The Bertz CT molecular complexity index is 1440. The lowest BCUT2D eigenvalue weighted by Gasteiger charge is -2.34. The number of carbonyl (C=O) groups is 2. The lowest BCUT2D eigenvalue weighted by molar-refractivity contribution is -0.140. The zero-order valence-electron chi connectivity index (χ0n) is 22.5. The standard InChI is InChI=1S/C29H32Cl3N3O4S/c1-20(2)17-33-29(37)27(15-21-9-5-4-6-10-21)34(18-22-11-7-8-12-24(22)31)28(36)19-35(40(3,38)39)26-14-13-23(30)16-25(26)32/h4-14,16,20,27H,15,17-19H2,1-3H3,(H,33,37)/t27-/m1/s1. The fourth-order valence-electron chi connectivity index (χ4n) is 4.06. The van der Waals surface area contributed by atoms with Crippen molar-refractivity contribution in [3.8, 4) is 0 Å². The number of benzene rings is 3. The molecule has 1 N–H and O–H groups in total. The summed E-state index contributed by atoms with van der Waals surface area (Å²) in [5.41, 5.74) is 1.55. The highest BCUT2D eigenvalue weighted by Crippen LogP contribution is 2.31. The average Bonchev–Trinajstić information content (AvgIpc) is 2.89. The molecule has 1 atom stereocenters. The van der Waals surface area contributed by atoms with Gasteiger partial charge in [-0.2, -0.15) is 0 Å². The Labute approximate surface area is 251 Å². The van der Waals surface area contributed by atoms with Gasteiger partial charge in [0.15, 0.2) is 0 Å². The van der Waals surface area contributed by atoms with E-state index >= 15 is 0 Å². The summed E-state index contributed by atoms with van der Waals surface area (Å²) in [5.74, 6) is -0.771. The molecule has 0 aromatic heterocycles. The van der Waals surface area contributed by atoms with Gasteiger partial charge in [-0.1, -0.05) is 97.2 Å². The third-order valence-electron chi connectivity index (χ3n) is 6.11. The maximum atomic E-state index is 14.1. The van der Waals surface area contributed by atoms with E-state index in [9.17, 15) is 18.0 Å². The molecule has 0 aliphatic rings. The molecule has 7 nitrogen and oxygen atoms in total. The molecule has 40 heavy (non-hydrogen) atoms. The number of carbonyl (C=O) groups excluding carboxylic acids is 2. The molecule has 3 rings (SSSR count). The van der Waals surface area contributed by atoms with E-state index in [0.717, 1.165) is 16.1 Å². The Morgan fingerprint density at radius 3 is 2.15 bits per heavy atom. The van der Waals surface area contributed by atoms with Gasteiger partial charge in [-0.15, -0.1) is 0 Å². The van der Waals surface area contributed by atoms with Crippen LogP contribution in [0.1, 0.15) is 25.0 Å². The van der Waals surface area contributed by atoms with Crippen LogP contribution < -0.4 is 9.62 Å². The van der Waals surface area contributed by atoms with Crippen molar-refractivity contribution < 1.29 is 18.0 Å². The van der Waals surface area contributed by atoms with Crippen molar-refractivity contribution >= 4 is 62.3 Å². The Hall–Kier alpha value is -2.78. The van der Waals surface area contributed by atoms with Gasteiger partial charge in [0.25, 0.3) is 0 Å². The highest BCUT2D eigenvalue weighted by atomic mass is 35.5. The van der Waals surface area contributed by atoms with Gasteiger partial charge >= 0.3 is 0 Å². The molecule has 0 saturated carbocycles. The number of nitrogens with zero attached hydrogens (tertiary/aromatic N) is 2. The Morgan fingerprint density at radius 1 is 0.900 bits per heavy atom. The van der Waals surface area contributed by atoms with E-state index in [4.69, 9.17) is 34.8 Å². The molecule has 3 aromatic carbocycles.